The van der Waals surface area contributed by atoms with Crippen LogP contribution in [0.5, 0.6) is 0 Å². The van der Waals surface area contributed by atoms with Gasteiger partial charge >= 0.3 is 18.3 Å². The lowest BCUT2D eigenvalue weighted by Crippen LogP contribution is -2.60. The molecule has 5 rings (SSSR count). The van der Waals surface area contributed by atoms with Crippen LogP contribution in [0.2, 0.25) is 0 Å². The van der Waals surface area contributed by atoms with Crippen molar-refractivity contribution in [2.75, 3.05) is 11.9 Å². The van der Waals surface area contributed by atoms with Crippen molar-refractivity contribution >= 4 is 23.5 Å². The van der Waals surface area contributed by atoms with Gasteiger partial charge < -0.3 is 15.5 Å². The highest BCUT2D eigenvalue weighted by Crippen LogP contribution is 2.43. The fourth-order valence-corrected chi connectivity index (χ4v) is 6.16. The van der Waals surface area contributed by atoms with Gasteiger partial charge in [-0.1, -0.05) is 17.9 Å². The van der Waals surface area contributed by atoms with Crippen LogP contribution >= 0.6 is 0 Å². The first-order chi connectivity index (χ1) is 24.8. The quantitative estimate of drug-likeness (QED) is 0.0891. The minimum absolute atomic E-state index is 0.0609. The third-order valence-electron chi connectivity index (χ3n) is 8.94. The van der Waals surface area contributed by atoms with Crippen molar-refractivity contribution in [2.45, 2.75) is 69.9 Å². The number of halogens is 8. The lowest BCUT2D eigenvalue weighted by Gasteiger charge is -2.46. The number of nitrogens with one attached hydrogen (secondary N) is 1. The Hall–Kier alpha value is -5.50. The van der Waals surface area contributed by atoms with Crippen LogP contribution in [0.3, 0.4) is 0 Å². The third kappa shape index (κ3) is 8.12. The maximum absolute atomic E-state index is 15.4. The van der Waals surface area contributed by atoms with E-state index in [4.69, 9.17) is 5.11 Å². The first-order valence-corrected chi connectivity index (χ1v) is 16.1. The van der Waals surface area contributed by atoms with Gasteiger partial charge in [0.25, 0.3) is 11.8 Å². The van der Waals surface area contributed by atoms with E-state index in [2.05, 4.69) is 22.1 Å². The molecule has 280 valence electrons. The Morgan fingerprint density at radius 2 is 1.70 bits per heavy atom. The second-order valence-corrected chi connectivity index (χ2v) is 12.6. The van der Waals surface area contributed by atoms with Gasteiger partial charge in [0.15, 0.2) is 11.6 Å². The molecule has 0 bridgehead atoms. The monoisotopic (exact) mass is 750 g/mol. The Kier molecular flexibility index (Phi) is 10.9. The topological polar surface area (TPSA) is 123 Å². The Labute approximate surface area is 296 Å². The molecule has 0 spiro atoms. The fraction of sp³-hybridized carbons (Fsp3) is 0.333. The predicted octanol–water partition coefficient (Wildman–Crippen LogP) is 7.62. The molecule has 3 aromatic rings. The number of fused-ring (bicyclic) bond motifs is 1. The summed E-state index contributed by atoms with van der Waals surface area (Å²) in [5.41, 5.74) is -6.86. The molecule has 2 aliphatic heterocycles. The number of carbonyl (C=O) groups excluding carboxylic acids is 2. The van der Waals surface area contributed by atoms with Gasteiger partial charge in [0, 0.05) is 54.2 Å². The molecular weight excluding hydrogens is 720 g/mol. The van der Waals surface area contributed by atoms with E-state index in [1.165, 1.54) is 24.1 Å². The number of carboxylic acids is 1. The standard InChI is InChI=1S/C36H30F8N4O5/c1-34-13-6-14-48(34)47(19-21-10-9-20(29(37)30(21)38)7-4-2-3-5-8-27(49)50)33(53)28(31(34)51)32(52)46-26-12-11-23(35(39,40)41)16-25(26)22-15-24(18-45-17-22)36(42,43)44/h9-12,15-18,51H,2-3,5-6,8,13-14,19H2,1H3,(H,46,52)(H,49,50). The Bertz CT molecular complexity index is 2050. The number of anilines is 1. The lowest BCUT2D eigenvalue weighted by atomic mass is 9.90. The first-order valence-electron chi connectivity index (χ1n) is 16.1. The number of aliphatic hydroxyl groups excluding tert-OH is 1. The number of aromatic nitrogens is 1. The summed E-state index contributed by atoms with van der Waals surface area (Å²) in [5.74, 6) is -1.68. The molecule has 17 heteroatoms. The second kappa shape index (κ2) is 14.9. The molecule has 1 aromatic heterocycles. The van der Waals surface area contributed by atoms with Crippen molar-refractivity contribution in [3.63, 3.8) is 0 Å². The smallest absolute Gasteiger partial charge is 0.417 e. The molecule has 2 aromatic carbocycles. The summed E-state index contributed by atoms with van der Waals surface area (Å²) in [7, 11) is 0. The van der Waals surface area contributed by atoms with Gasteiger partial charge in [0.1, 0.15) is 11.3 Å². The SMILES string of the molecule is CC12CCCN1N(Cc1ccc(C#CCCCCC(=O)O)c(F)c1F)C(=O)C(C(=O)Nc1ccc(C(F)(F)F)cc1-c1cncc(C(F)(F)F)c1)=C2O. The van der Waals surface area contributed by atoms with Crippen LogP contribution in [0.15, 0.2) is 60.1 Å². The van der Waals surface area contributed by atoms with E-state index >= 15 is 8.78 Å². The molecule has 53 heavy (non-hydrogen) atoms. The van der Waals surface area contributed by atoms with Crippen molar-refractivity contribution < 1.29 is 59.7 Å². The molecule has 3 heterocycles. The third-order valence-corrected chi connectivity index (χ3v) is 8.94. The van der Waals surface area contributed by atoms with Crippen LogP contribution in [0.25, 0.3) is 11.1 Å². The molecule has 9 nitrogen and oxygen atoms in total. The highest BCUT2D eigenvalue weighted by molar-refractivity contribution is 6.24. The molecule has 0 saturated carbocycles. The number of carboxylic acid groups (broad SMARTS) is 1. The number of unbranched alkanes of at least 4 members (excludes halogenated alkanes) is 2. The van der Waals surface area contributed by atoms with E-state index in [1.54, 1.807) is 0 Å². The number of alkyl halides is 6. The number of hydrogen-bond donors (Lipinski definition) is 3. The molecule has 1 atom stereocenters. The highest BCUT2D eigenvalue weighted by atomic mass is 19.4. The first kappa shape index (κ1) is 38.7. The molecule has 0 aliphatic carbocycles. The van der Waals surface area contributed by atoms with Crippen LogP contribution in [0.1, 0.15) is 67.7 Å². The molecule has 3 N–H and O–H groups in total. The van der Waals surface area contributed by atoms with E-state index in [9.17, 15) is 45.8 Å². The molecule has 2 amide bonds. The zero-order valence-electron chi connectivity index (χ0n) is 27.8. The highest BCUT2D eigenvalue weighted by Gasteiger charge is 2.53. The number of rotatable bonds is 9. The average molecular weight is 751 g/mol. The number of nitrogens with zero attached hydrogens (tertiary/aromatic N) is 3. The van der Waals surface area contributed by atoms with Crippen molar-refractivity contribution in [2.24, 2.45) is 0 Å². The van der Waals surface area contributed by atoms with Crippen LogP contribution in [0.4, 0.5) is 40.8 Å². The number of benzene rings is 2. The Balaban J connectivity index is 1.46. The van der Waals surface area contributed by atoms with Gasteiger partial charge in [-0.15, -0.1) is 0 Å². The number of amides is 2. The van der Waals surface area contributed by atoms with E-state index in [0.29, 0.717) is 43.7 Å². The normalized spacial score (nSPS) is 17.8. The summed E-state index contributed by atoms with van der Waals surface area (Å²) in [6.45, 7) is 1.03. The molecule has 1 fully saturated rings. The van der Waals surface area contributed by atoms with E-state index in [1.807, 2.05) is 0 Å². The van der Waals surface area contributed by atoms with E-state index < -0.39 is 93.1 Å². The average Bonchev–Trinajstić information content (AvgIpc) is 3.49. The number of aliphatic carboxylic acids is 1. The van der Waals surface area contributed by atoms with Crippen LogP contribution in [-0.4, -0.2) is 55.1 Å². The summed E-state index contributed by atoms with van der Waals surface area (Å²) >= 11 is 0. The Morgan fingerprint density at radius 3 is 2.38 bits per heavy atom. The second-order valence-electron chi connectivity index (χ2n) is 12.6. The summed E-state index contributed by atoms with van der Waals surface area (Å²) in [5, 5.41) is 24.6. The van der Waals surface area contributed by atoms with Crippen molar-refractivity contribution in [3.05, 3.63) is 94.0 Å². The summed E-state index contributed by atoms with van der Waals surface area (Å²) < 4.78 is 112. The maximum atomic E-state index is 15.4. The zero-order valence-corrected chi connectivity index (χ0v) is 27.8. The van der Waals surface area contributed by atoms with Crippen molar-refractivity contribution in [3.8, 4) is 23.0 Å². The predicted molar refractivity (Wildman–Crippen MR) is 172 cm³/mol. The summed E-state index contributed by atoms with van der Waals surface area (Å²) in [6, 6.07) is 4.75. The van der Waals surface area contributed by atoms with Gasteiger partial charge in [-0.05, 0) is 62.9 Å². The number of carbonyl (C=O) groups is 3. The minimum atomic E-state index is -4.93. The van der Waals surface area contributed by atoms with Gasteiger partial charge in [-0.2, -0.15) is 26.3 Å². The zero-order chi connectivity index (χ0) is 38.9. The number of aliphatic hydroxyl groups is 1. The molecule has 1 unspecified atom stereocenters. The number of hydrogen-bond acceptors (Lipinski definition) is 6. The largest absolute Gasteiger partial charge is 0.509 e. The fourth-order valence-electron chi connectivity index (χ4n) is 6.16. The van der Waals surface area contributed by atoms with Crippen LogP contribution in [-0.2, 0) is 33.3 Å². The van der Waals surface area contributed by atoms with Gasteiger partial charge in [0.2, 0.25) is 0 Å². The van der Waals surface area contributed by atoms with Gasteiger partial charge in [-0.3, -0.25) is 24.4 Å². The number of hydrazine groups is 1. The maximum Gasteiger partial charge on any atom is 0.417 e. The lowest BCUT2D eigenvalue weighted by molar-refractivity contribution is -0.160. The van der Waals surface area contributed by atoms with Crippen molar-refractivity contribution in [1.82, 2.24) is 15.0 Å². The van der Waals surface area contributed by atoms with Gasteiger partial charge in [0.05, 0.1) is 28.8 Å². The number of pyridine rings is 1. The van der Waals surface area contributed by atoms with Crippen LogP contribution < -0.4 is 5.32 Å². The molecular formula is C36H30F8N4O5. The van der Waals surface area contributed by atoms with Gasteiger partial charge in [-0.25, -0.2) is 13.8 Å². The molecule has 0 radical (unpaired) electrons. The van der Waals surface area contributed by atoms with Crippen molar-refractivity contribution in [1.29, 1.82) is 0 Å². The Morgan fingerprint density at radius 1 is 0.981 bits per heavy atom. The van der Waals surface area contributed by atoms with E-state index in [-0.39, 0.29) is 36.9 Å². The minimum Gasteiger partial charge on any atom is -0.509 e. The summed E-state index contributed by atoms with van der Waals surface area (Å²) in [4.78, 5) is 41.8. The van der Waals surface area contributed by atoms with E-state index in [0.717, 1.165) is 17.3 Å². The van der Waals surface area contributed by atoms with Crippen LogP contribution in [0, 0.1) is 23.5 Å². The molecule has 2 aliphatic rings. The molecule has 1 saturated heterocycles. The summed E-state index contributed by atoms with van der Waals surface area (Å²) in [6.07, 6.45) is -7.00.